The van der Waals surface area contributed by atoms with E-state index < -0.39 is 0 Å². The number of hydrogen-bond acceptors (Lipinski definition) is 4. The van der Waals surface area contributed by atoms with E-state index in [2.05, 4.69) is 38.0 Å². The largest absolute Gasteiger partial charge is 0.383 e. The van der Waals surface area contributed by atoms with Crippen LogP contribution in [0.1, 0.15) is 33.6 Å². The molecule has 0 aliphatic carbocycles. The molecule has 0 saturated carbocycles. The zero-order valence-electron chi connectivity index (χ0n) is 12.7. The van der Waals surface area contributed by atoms with Crippen LogP contribution in [0.5, 0.6) is 0 Å². The third-order valence-corrected chi connectivity index (χ3v) is 3.25. The van der Waals surface area contributed by atoms with Gasteiger partial charge in [-0.2, -0.15) is 0 Å². The lowest BCUT2D eigenvalue weighted by molar-refractivity contribution is 0.0217. The Hall–Kier alpha value is -0.160. The zero-order valence-corrected chi connectivity index (χ0v) is 12.7. The molecule has 18 heavy (non-hydrogen) atoms. The van der Waals surface area contributed by atoms with E-state index >= 15 is 0 Å². The molecule has 1 aliphatic heterocycles. The minimum Gasteiger partial charge on any atom is -0.383 e. The molecule has 1 saturated heterocycles. The molecular weight excluding hydrogens is 228 g/mol. The van der Waals surface area contributed by atoms with Crippen LogP contribution in [0, 0.1) is 0 Å². The second-order valence-electron chi connectivity index (χ2n) is 6.34. The molecule has 0 amide bonds. The summed E-state index contributed by atoms with van der Waals surface area (Å²) < 4.78 is 11.1. The number of rotatable bonds is 7. The summed E-state index contributed by atoms with van der Waals surface area (Å²) in [5.41, 5.74) is 0.177. The number of likely N-dealkylation sites (N-methyl/N-ethyl adjacent to an activating group) is 1. The van der Waals surface area contributed by atoms with Crippen molar-refractivity contribution in [1.29, 1.82) is 0 Å². The van der Waals surface area contributed by atoms with Crippen molar-refractivity contribution in [2.24, 2.45) is 0 Å². The third kappa shape index (κ3) is 6.69. The Morgan fingerprint density at radius 3 is 2.56 bits per heavy atom. The van der Waals surface area contributed by atoms with Gasteiger partial charge in [-0.05, 0) is 40.7 Å². The van der Waals surface area contributed by atoms with Gasteiger partial charge in [0, 0.05) is 32.3 Å². The lowest BCUT2D eigenvalue weighted by Crippen LogP contribution is -2.41. The molecule has 1 rings (SSSR count). The van der Waals surface area contributed by atoms with E-state index in [4.69, 9.17) is 9.47 Å². The van der Waals surface area contributed by atoms with Crippen molar-refractivity contribution >= 4 is 0 Å². The van der Waals surface area contributed by atoms with Gasteiger partial charge in [0.1, 0.15) is 0 Å². The fourth-order valence-electron chi connectivity index (χ4n) is 2.17. The first kappa shape index (κ1) is 15.9. The van der Waals surface area contributed by atoms with E-state index in [1.165, 1.54) is 12.8 Å². The van der Waals surface area contributed by atoms with Crippen LogP contribution in [-0.4, -0.2) is 63.0 Å². The number of hydrogen-bond donors (Lipinski definition) is 1. The van der Waals surface area contributed by atoms with Gasteiger partial charge in [0.2, 0.25) is 0 Å². The van der Waals surface area contributed by atoms with Crippen LogP contribution >= 0.6 is 0 Å². The molecule has 1 N–H and O–H groups in total. The Morgan fingerprint density at radius 2 is 1.94 bits per heavy atom. The van der Waals surface area contributed by atoms with Crippen molar-refractivity contribution in [3.05, 3.63) is 0 Å². The van der Waals surface area contributed by atoms with Crippen LogP contribution in [0.3, 0.4) is 0 Å². The van der Waals surface area contributed by atoms with Gasteiger partial charge in [-0.15, -0.1) is 0 Å². The first-order chi connectivity index (χ1) is 8.40. The van der Waals surface area contributed by atoms with Gasteiger partial charge >= 0.3 is 0 Å². The van der Waals surface area contributed by atoms with Gasteiger partial charge in [-0.1, -0.05) is 0 Å². The first-order valence-corrected chi connectivity index (χ1v) is 6.98. The van der Waals surface area contributed by atoms with Gasteiger partial charge in [0.05, 0.1) is 18.8 Å². The summed E-state index contributed by atoms with van der Waals surface area (Å²) in [4.78, 5) is 2.29. The van der Waals surface area contributed by atoms with Gasteiger partial charge in [-0.25, -0.2) is 0 Å². The number of nitrogens with one attached hydrogen (secondary N) is 1. The second-order valence-corrected chi connectivity index (χ2v) is 6.34. The van der Waals surface area contributed by atoms with Gasteiger partial charge in [-0.3, -0.25) is 0 Å². The maximum atomic E-state index is 6.06. The summed E-state index contributed by atoms with van der Waals surface area (Å²) in [6.45, 7) is 10.3. The van der Waals surface area contributed by atoms with Crippen molar-refractivity contribution in [3.8, 4) is 0 Å². The van der Waals surface area contributed by atoms with E-state index in [1.54, 1.807) is 7.11 Å². The second kappa shape index (κ2) is 7.43. The van der Waals surface area contributed by atoms with E-state index in [9.17, 15) is 0 Å². The fourth-order valence-corrected chi connectivity index (χ4v) is 2.17. The number of nitrogens with zero attached hydrogens (tertiary/aromatic N) is 1. The monoisotopic (exact) mass is 258 g/mol. The minimum atomic E-state index is 0.177. The summed E-state index contributed by atoms with van der Waals surface area (Å²) in [6.07, 6.45) is 3.11. The summed E-state index contributed by atoms with van der Waals surface area (Å²) >= 11 is 0. The number of methoxy groups -OCH3 is 1. The maximum Gasteiger partial charge on any atom is 0.0707 e. The number of ether oxygens (including phenoxy) is 2. The molecule has 2 atom stereocenters. The van der Waals surface area contributed by atoms with Crippen LogP contribution in [-0.2, 0) is 9.47 Å². The molecule has 108 valence electrons. The molecule has 0 radical (unpaired) electrons. The molecule has 2 unspecified atom stereocenters. The first-order valence-electron chi connectivity index (χ1n) is 6.98. The highest BCUT2D eigenvalue weighted by atomic mass is 16.5. The topological polar surface area (TPSA) is 33.7 Å². The van der Waals surface area contributed by atoms with Crippen LogP contribution in [0.15, 0.2) is 0 Å². The van der Waals surface area contributed by atoms with Crippen molar-refractivity contribution in [2.75, 3.05) is 40.4 Å². The predicted octanol–water partition coefficient (Wildman–Crippen LogP) is 1.50. The molecule has 0 aromatic rings. The summed E-state index contributed by atoms with van der Waals surface area (Å²) in [5, 5.41) is 3.51. The average molecular weight is 258 g/mol. The average Bonchev–Trinajstić information content (AvgIpc) is 2.70. The molecular formula is C14H30N2O2. The normalized spacial score (nSPS) is 25.0. The molecule has 1 aliphatic rings. The van der Waals surface area contributed by atoms with Crippen LogP contribution < -0.4 is 5.32 Å². The van der Waals surface area contributed by atoms with Crippen molar-refractivity contribution in [1.82, 2.24) is 10.2 Å². The highest BCUT2D eigenvalue weighted by Crippen LogP contribution is 2.20. The molecule has 0 bridgehead atoms. The van der Waals surface area contributed by atoms with Gasteiger partial charge < -0.3 is 19.7 Å². The molecule has 0 aromatic carbocycles. The molecule has 4 heteroatoms. The smallest absolute Gasteiger partial charge is 0.0707 e. The quantitative estimate of drug-likeness (QED) is 0.750. The van der Waals surface area contributed by atoms with Gasteiger partial charge in [0.15, 0.2) is 0 Å². The van der Waals surface area contributed by atoms with E-state index in [0.717, 1.165) is 26.2 Å². The van der Waals surface area contributed by atoms with E-state index in [0.29, 0.717) is 12.2 Å². The highest BCUT2D eigenvalue weighted by Gasteiger charge is 2.26. The zero-order chi connectivity index (χ0) is 13.6. The van der Waals surface area contributed by atoms with E-state index in [-0.39, 0.29) is 5.54 Å². The Labute approximate surface area is 112 Å². The summed E-state index contributed by atoms with van der Waals surface area (Å²) in [6, 6.07) is 0. The van der Waals surface area contributed by atoms with Gasteiger partial charge in [0.25, 0.3) is 0 Å². The third-order valence-electron chi connectivity index (χ3n) is 3.25. The van der Waals surface area contributed by atoms with Crippen molar-refractivity contribution in [2.45, 2.75) is 51.4 Å². The molecule has 1 fully saturated rings. The lowest BCUT2D eigenvalue weighted by Gasteiger charge is -2.24. The molecule has 4 nitrogen and oxygen atoms in total. The Kier molecular flexibility index (Phi) is 6.57. The molecule has 0 spiro atoms. The summed E-state index contributed by atoms with van der Waals surface area (Å²) in [5.74, 6) is 0. The van der Waals surface area contributed by atoms with Crippen LogP contribution in [0.4, 0.5) is 0 Å². The lowest BCUT2D eigenvalue weighted by atomic mass is 10.1. The van der Waals surface area contributed by atoms with Crippen LogP contribution in [0.25, 0.3) is 0 Å². The molecule has 1 heterocycles. The fraction of sp³-hybridized carbons (Fsp3) is 1.00. The SMILES string of the molecule is COCCN(C)CC1CCC(CNC(C)(C)C)O1. The Morgan fingerprint density at radius 1 is 1.28 bits per heavy atom. The molecule has 0 aromatic heterocycles. The summed E-state index contributed by atoms with van der Waals surface area (Å²) in [7, 11) is 3.87. The standard InChI is InChI=1S/C14H30N2O2/c1-14(2,3)15-10-12-6-7-13(18-12)11-16(4)8-9-17-5/h12-13,15H,6-11H2,1-5H3. The van der Waals surface area contributed by atoms with Crippen molar-refractivity contribution in [3.63, 3.8) is 0 Å². The highest BCUT2D eigenvalue weighted by molar-refractivity contribution is 4.80. The van der Waals surface area contributed by atoms with Crippen LogP contribution in [0.2, 0.25) is 0 Å². The van der Waals surface area contributed by atoms with Crippen molar-refractivity contribution < 1.29 is 9.47 Å². The van der Waals surface area contributed by atoms with E-state index in [1.807, 2.05) is 0 Å². The maximum absolute atomic E-state index is 6.06. The Balaban J connectivity index is 2.16. The minimum absolute atomic E-state index is 0.177. The Bertz CT molecular complexity index is 228. The predicted molar refractivity (Wildman–Crippen MR) is 75.0 cm³/mol.